The van der Waals surface area contributed by atoms with Gasteiger partial charge in [0, 0.05) is 25.3 Å². The third kappa shape index (κ3) is 4.33. The zero-order valence-corrected chi connectivity index (χ0v) is 18.1. The molecule has 4 nitrogen and oxygen atoms in total. The van der Waals surface area contributed by atoms with Crippen molar-refractivity contribution >= 4 is 5.91 Å². The van der Waals surface area contributed by atoms with Gasteiger partial charge in [-0.25, -0.2) is 0 Å². The predicted octanol–water partition coefficient (Wildman–Crippen LogP) is 5.02. The Morgan fingerprint density at radius 2 is 2.00 bits per heavy atom. The maximum absolute atomic E-state index is 13.4. The number of nitrogens with one attached hydrogen (secondary N) is 1. The standard InChI is InChI=1S/C24H28F3N3O/c1-23(2,3)16-12-15-8-11-30(14-19(15)18(13-16)20-7-5-9-28-20)22(31)17-6-4-10-29-21(17)24(25,26)27/h4,6,10,12-13,20,28H,5,7-9,11,14H2,1-3H3/t20-/m0/s1. The van der Waals surface area contributed by atoms with E-state index in [2.05, 4.69) is 43.2 Å². The Labute approximate surface area is 180 Å². The highest BCUT2D eigenvalue weighted by Gasteiger charge is 2.38. The highest BCUT2D eigenvalue weighted by Crippen LogP contribution is 2.37. The number of benzene rings is 1. The molecular formula is C24H28F3N3O. The molecule has 4 rings (SSSR count). The second-order valence-corrected chi connectivity index (χ2v) is 9.48. The van der Waals surface area contributed by atoms with E-state index in [0.29, 0.717) is 19.5 Å². The molecule has 7 heteroatoms. The summed E-state index contributed by atoms with van der Waals surface area (Å²) in [6, 6.07) is 7.25. The minimum absolute atomic E-state index is 0.00729. The van der Waals surface area contributed by atoms with Crippen LogP contribution in [0.15, 0.2) is 30.5 Å². The molecule has 0 bridgehead atoms. The Balaban J connectivity index is 1.71. The van der Waals surface area contributed by atoms with Crippen LogP contribution < -0.4 is 5.32 Å². The topological polar surface area (TPSA) is 45.2 Å². The number of amides is 1. The average molecular weight is 432 g/mol. The SMILES string of the molecule is CC(C)(C)c1cc2c(c([C@@H]3CCCN3)c1)CN(C(=O)c1cccnc1C(F)(F)F)CC2. The number of rotatable bonds is 2. The smallest absolute Gasteiger partial charge is 0.334 e. The van der Waals surface area contributed by atoms with Gasteiger partial charge in [0.2, 0.25) is 0 Å². The van der Waals surface area contributed by atoms with Gasteiger partial charge >= 0.3 is 6.18 Å². The lowest BCUT2D eigenvalue weighted by Gasteiger charge is -2.34. The molecule has 0 radical (unpaired) electrons. The van der Waals surface area contributed by atoms with E-state index in [1.807, 2.05) is 0 Å². The van der Waals surface area contributed by atoms with Gasteiger partial charge in [-0.05, 0) is 65.6 Å². The first-order chi connectivity index (χ1) is 14.6. The molecule has 1 fully saturated rings. The van der Waals surface area contributed by atoms with Gasteiger partial charge in [-0.3, -0.25) is 9.78 Å². The van der Waals surface area contributed by atoms with Crippen molar-refractivity contribution in [2.24, 2.45) is 0 Å². The lowest BCUT2D eigenvalue weighted by Crippen LogP contribution is -2.38. The molecule has 31 heavy (non-hydrogen) atoms. The molecule has 0 unspecified atom stereocenters. The molecule has 1 saturated heterocycles. The van der Waals surface area contributed by atoms with E-state index >= 15 is 0 Å². The summed E-state index contributed by atoms with van der Waals surface area (Å²) in [5.41, 5.74) is 3.19. The summed E-state index contributed by atoms with van der Waals surface area (Å²) in [6.45, 7) is 8.20. The molecular weight excluding hydrogens is 403 g/mol. The molecule has 2 aliphatic heterocycles. The molecule has 3 heterocycles. The fourth-order valence-electron chi connectivity index (χ4n) is 4.54. The number of fused-ring (bicyclic) bond motifs is 1. The molecule has 0 aliphatic carbocycles. The molecule has 1 N–H and O–H groups in total. The third-order valence-corrected chi connectivity index (χ3v) is 6.27. The van der Waals surface area contributed by atoms with Crippen LogP contribution in [0.4, 0.5) is 13.2 Å². The number of hydrogen-bond acceptors (Lipinski definition) is 3. The Hall–Kier alpha value is -2.41. The number of pyridine rings is 1. The first kappa shape index (κ1) is 21.8. The van der Waals surface area contributed by atoms with Gasteiger partial charge in [0.25, 0.3) is 5.91 Å². The summed E-state index contributed by atoms with van der Waals surface area (Å²) in [6.07, 6.45) is -0.850. The minimum Gasteiger partial charge on any atom is -0.334 e. The molecule has 1 aromatic carbocycles. The van der Waals surface area contributed by atoms with Crippen LogP contribution in [-0.2, 0) is 24.6 Å². The number of nitrogens with zero attached hydrogens (tertiary/aromatic N) is 2. The average Bonchev–Trinajstić information content (AvgIpc) is 3.25. The molecule has 166 valence electrons. The van der Waals surface area contributed by atoms with Crippen LogP contribution in [0, 0.1) is 0 Å². The highest BCUT2D eigenvalue weighted by atomic mass is 19.4. The van der Waals surface area contributed by atoms with Crippen LogP contribution in [0.5, 0.6) is 0 Å². The second-order valence-electron chi connectivity index (χ2n) is 9.48. The van der Waals surface area contributed by atoms with Crippen LogP contribution in [0.3, 0.4) is 0 Å². The summed E-state index contributed by atoms with van der Waals surface area (Å²) in [5, 5.41) is 3.54. The van der Waals surface area contributed by atoms with Gasteiger partial charge in [-0.1, -0.05) is 32.9 Å². The van der Waals surface area contributed by atoms with E-state index in [0.717, 1.165) is 31.1 Å². The van der Waals surface area contributed by atoms with Crippen molar-refractivity contribution in [2.45, 2.75) is 64.2 Å². The Bertz CT molecular complexity index is 989. The lowest BCUT2D eigenvalue weighted by atomic mass is 9.80. The molecule has 2 aliphatic rings. The van der Waals surface area contributed by atoms with E-state index in [1.165, 1.54) is 33.7 Å². The Morgan fingerprint density at radius 1 is 1.23 bits per heavy atom. The lowest BCUT2D eigenvalue weighted by molar-refractivity contribution is -0.141. The van der Waals surface area contributed by atoms with Crippen molar-refractivity contribution in [2.75, 3.05) is 13.1 Å². The number of halogens is 3. The van der Waals surface area contributed by atoms with Gasteiger partial charge in [0.15, 0.2) is 5.69 Å². The van der Waals surface area contributed by atoms with Crippen molar-refractivity contribution in [1.29, 1.82) is 0 Å². The minimum atomic E-state index is -4.67. The summed E-state index contributed by atoms with van der Waals surface area (Å²) >= 11 is 0. The first-order valence-corrected chi connectivity index (χ1v) is 10.8. The van der Waals surface area contributed by atoms with E-state index < -0.39 is 17.8 Å². The monoisotopic (exact) mass is 431 g/mol. The molecule has 1 aromatic heterocycles. The van der Waals surface area contributed by atoms with Crippen LogP contribution in [0.2, 0.25) is 0 Å². The van der Waals surface area contributed by atoms with E-state index in [-0.39, 0.29) is 17.0 Å². The molecule has 1 amide bonds. The summed E-state index contributed by atoms with van der Waals surface area (Å²) in [4.78, 5) is 18.1. The van der Waals surface area contributed by atoms with Gasteiger partial charge in [-0.2, -0.15) is 13.2 Å². The summed E-state index contributed by atoms with van der Waals surface area (Å²) < 4.78 is 40.2. The Kier molecular flexibility index (Phi) is 5.58. The van der Waals surface area contributed by atoms with Crippen LogP contribution in [-0.4, -0.2) is 28.9 Å². The van der Waals surface area contributed by atoms with Crippen molar-refractivity contribution in [3.63, 3.8) is 0 Å². The Morgan fingerprint density at radius 3 is 2.65 bits per heavy atom. The normalized spacial score (nSPS) is 19.4. The van der Waals surface area contributed by atoms with Crippen molar-refractivity contribution in [1.82, 2.24) is 15.2 Å². The van der Waals surface area contributed by atoms with Crippen molar-refractivity contribution in [3.8, 4) is 0 Å². The fourth-order valence-corrected chi connectivity index (χ4v) is 4.54. The van der Waals surface area contributed by atoms with Gasteiger partial charge < -0.3 is 10.2 Å². The zero-order chi connectivity index (χ0) is 22.4. The third-order valence-electron chi connectivity index (χ3n) is 6.27. The zero-order valence-electron chi connectivity index (χ0n) is 18.1. The fraction of sp³-hybridized carbons (Fsp3) is 0.500. The van der Waals surface area contributed by atoms with Crippen LogP contribution in [0.1, 0.15) is 78.0 Å². The second kappa shape index (κ2) is 7.93. The quantitative estimate of drug-likeness (QED) is 0.726. The summed E-state index contributed by atoms with van der Waals surface area (Å²) in [5.74, 6) is -0.615. The summed E-state index contributed by atoms with van der Waals surface area (Å²) in [7, 11) is 0. The largest absolute Gasteiger partial charge is 0.434 e. The number of carbonyl (C=O) groups excluding carboxylic acids is 1. The van der Waals surface area contributed by atoms with Crippen molar-refractivity contribution in [3.05, 3.63) is 64.0 Å². The van der Waals surface area contributed by atoms with E-state index in [4.69, 9.17) is 0 Å². The molecule has 1 atom stereocenters. The molecule has 0 spiro atoms. The first-order valence-electron chi connectivity index (χ1n) is 10.8. The maximum Gasteiger partial charge on any atom is 0.434 e. The van der Waals surface area contributed by atoms with E-state index in [1.54, 1.807) is 0 Å². The number of alkyl halides is 3. The van der Waals surface area contributed by atoms with Gasteiger partial charge in [0.1, 0.15) is 0 Å². The maximum atomic E-state index is 13.4. The van der Waals surface area contributed by atoms with Gasteiger partial charge in [0.05, 0.1) is 5.56 Å². The van der Waals surface area contributed by atoms with Crippen molar-refractivity contribution < 1.29 is 18.0 Å². The van der Waals surface area contributed by atoms with E-state index in [9.17, 15) is 18.0 Å². The van der Waals surface area contributed by atoms with Crippen LogP contribution in [0.25, 0.3) is 0 Å². The van der Waals surface area contributed by atoms with Gasteiger partial charge in [-0.15, -0.1) is 0 Å². The highest BCUT2D eigenvalue weighted by molar-refractivity contribution is 5.95. The number of hydrogen-bond donors (Lipinski definition) is 1. The molecule has 2 aromatic rings. The number of carbonyl (C=O) groups is 1. The predicted molar refractivity (Wildman–Crippen MR) is 113 cm³/mol. The molecule has 0 saturated carbocycles. The number of aromatic nitrogens is 1. The van der Waals surface area contributed by atoms with Crippen LogP contribution >= 0.6 is 0 Å².